The number of carbonyl (C=O) groups excluding carboxylic acids is 1. The van der Waals surface area contributed by atoms with Crippen molar-refractivity contribution in [1.29, 1.82) is 0 Å². The number of aryl methyl sites for hydroxylation is 1. The molecule has 5 nitrogen and oxygen atoms in total. The molecule has 1 aromatic rings. The molecule has 1 N–H and O–H groups in total. The standard InChI is InChI=1S/C15H19NO4/c1-11-5-4-6-12(7-8-14(18)19)15(11)20-10-9-13(17)16(2)3/h4-8H,9-10H2,1-3H3,(H,18,19)/b8-7+. The largest absolute Gasteiger partial charge is 0.492 e. The highest BCUT2D eigenvalue weighted by molar-refractivity contribution is 5.86. The molecule has 0 heterocycles. The van der Waals surface area contributed by atoms with Gasteiger partial charge in [-0.25, -0.2) is 4.79 Å². The van der Waals surface area contributed by atoms with Crippen molar-refractivity contribution in [2.45, 2.75) is 13.3 Å². The first-order valence-corrected chi connectivity index (χ1v) is 6.25. The molecule has 0 aliphatic carbocycles. The molecule has 0 atom stereocenters. The molecule has 0 radical (unpaired) electrons. The number of aliphatic carboxylic acids is 1. The van der Waals surface area contributed by atoms with E-state index in [1.165, 1.54) is 11.0 Å². The van der Waals surface area contributed by atoms with E-state index in [1.54, 1.807) is 20.2 Å². The van der Waals surface area contributed by atoms with Crippen LogP contribution in [0.3, 0.4) is 0 Å². The fourth-order valence-electron chi connectivity index (χ4n) is 1.63. The van der Waals surface area contributed by atoms with Crippen molar-refractivity contribution in [3.8, 4) is 5.75 Å². The highest BCUT2D eigenvalue weighted by Crippen LogP contribution is 2.24. The van der Waals surface area contributed by atoms with E-state index in [4.69, 9.17) is 9.84 Å². The summed E-state index contributed by atoms with van der Waals surface area (Å²) in [5.41, 5.74) is 1.58. The SMILES string of the molecule is Cc1cccc(/C=C/C(=O)O)c1OCCC(=O)N(C)C. The number of benzene rings is 1. The van der Waals surface area contributed by atoms with Crippen LogP contribution in [0.15, 0.2) is 24.3 Å². The van der Waals surface area contributed by atoms with E-state index in [0.717, 1.165) is 11.6 Å². The van der Waals surface area contributed by atoms with E-state index in [1.807, 2.05) is 19.1 Å². The third-order valence-electron chi connectivity index (χ3n) is 2.71. The van der Waals surface area contributed by atoms with Crippen molar-refractivity contribution in [3.05, 3.63) is 35.4 Å². The molecule has 1 rings (SSSR count). The normalized spacial score (nSPS) is 10.6. The maximum Gasteiger partial charge on any atom is 0.328 e. The molecule has 0 aliphatic heterocycles. The number of carboxylic acids is 1. The van der Waals surface area contributed by atoms with Gasteiger partial charge in [-0.2, -0.15) is 0 Å². The lowest BCUT2D eigenvalue weighted by Gasteiger charge is -2.14. The second-order valence-electron chi connectivity index (χ2n) is 4.55. The molecule has 0 saturated heterocycles. The van der Waals surface area contributed by atoms with Gasteiger partial charge >= 0.3 is 5.97 Å². The van der Waals surface area contributed by atoms with Crippen molar-refractivity contribution < 1.29 is 19.4 Å². The summed E-state index contributed by atoms with van der Waals surface area (Å²) >= 11 is 0. The van der Waals surface area contributed by atoms with Crippen LogP contribution >= 0.6 is 0 Å². The number of rotatable bonds is 6. The molecular formula is C15H19NO4. The van der Waals surface area contributed by atoms with E-state index >= 15 is 0 Å². The lowest BCUT2D eigenvalue weighted by molar-refractivity contribution is -0.131. The number of nitrogens with zero attached hydrogens (tertiary/aromatic N) is 1. The van der Waals surface area contributed by atoms with E-state index in [-0.39, 0.29) is 18.9 Å². The highest BCUT2D eigenvalue weighted by Gasteiger charge is 2.08. The number of ether oxygens (including phenoxy) is 1. The maximum absolute atomic E-state index is 11.5. The molecule has 1 aromatic carbocycles. The van der Waals surface area contributed by atoms with Crippen molar-refractivity contribution in [2.75, 3.05) is 20.7 Å². The zero-order chi connectivity index (χ0) is 15.1. The van der Waals surface area contributed by atoms with Crippen LogP contribution in [0.25, 0.3) is 6.08 Å². The number of amides is 1. The second-order valence-corrected chi connectivity index (χ2v) is 4.55. The molecule has 0 fully saturated rings. The van der Waals surface area contributed by atoms with Crippen LogP contribution in [-0.2, 0) is 9.59 Å². The smallest absolute Gasteiger partial charge is 0.328 e. The van der Waals surface area contributed by atoms with Crippen LogP contribution in [0.4, 0.5) is 0 Å². The summed E-state index contributed by atoms with van der Waals surface area (Å²) in [4.78, 5) is 23.5. The Bertz CT molecular complexity index is 521. The van der Waals surface area contributed by atoms with Gasteiger partial charge in [-0.15, -0.1) is 0 Å². The Labute approximate surface area is 118 Å². The average Bonchev–Trinajstić information content (AvgIpc) is 2.38. The van der Waals surface area contributed by atoms with E-state index in [9.17, 15) is 9.59 Å². The van der Waals surface area contributed by atoms with E-state index in [0.29, 0.717) is 11.3 Å². The topological polar surface area (TPSA) is 66.8 Å². The molecule has 0 aromatic heterocycles. The molecule has 0 unspecified atom stereocenters. The van der Waals surface area contributed by atoms with Gasteiger partial charge in [0.15, 0.2) is 0 Å². The zero-order valence-electron chi connectivity index (χ0n) is 11.9. The summed E-state index contributed by atoms with van der Waals surface area (Å²) in [5, 5.41) is 8.67. The van der Waals surface area contributed by atoms with Crippen molar-refractivity contribution >= 4 is 18.0 Å². The number of carboxylic acid groups (broad SMARTS) is 1. The predicted molar refractivity (Wildman–Crippen MR) is 76.7 cm³/mol. The van der Waals surface area contributed by atoms with Gasteiger partial charge in [0.25, 0.3) is 0 Å². The van der Waals surface area contributed by atoms with Gasteiger partial charge < -0.3 is 14.7 Å². The van der Waals surface area contributed by atoms with Crippen molar-refractivity contribution in [3.63, 3.8) is 0 Å². The zero-order valence-corrected chi connectivity index (χ0v) is 11.9. The minimum absolute atomic E-state index is 0.0128. The van der Waals surface area contributed by atoms with E-state index in [2.05, 4.69) is 0 Å². The summed E-state index contributed by atoms with van der Waals surface area (Å²) in [6.07, 6.45) is 2.83. The number of hydrogen-bond donors (Lipinski definition) is 1. The Kier molecular flexibility index (Phi) is 5.77. The molecule has 5 heteroatoms. The van der Waals surface area contributed by atoms with Gasteiger partial charge in [0.1, 0.15) is 5.75 Å². The van der Waals surface area contributed by atoms with Crippen molar-refractivity contribution in [1.82, 2.24) is 4.90 Å². The first-order chi connectivity index (χ1) is 9.41. The van der Waals surface area contributed by atoms with Gasteiger partial charge in [0.05, 0.1) is 13.0 Å². The van der Waals surface area contributed by atoms with Crippen LogP contribution in [0.5, 0.6) is 5.75 Å². The molecular weight excluding hydrogens is 258 g/mol. The summed E-state index contributed by atoms with van der Waals surface area (Å²) < 4.78 is 5.63. The first kappa shape index (κ1) is 15.8. The first-order valence-electron chi connectivity index (χ1n) is 6.25. The lowest BCUT2D eigenvalue weighted by Crippen LogP contribution is -2.23. The van der Waals surface area contributed by atoms with Crippen LogP contribution < -0.4 is 4.74 Å². The molecule has 0 spiro atoms. The van der Waals surface area contributed by atoms with Crippen molar-refractivity contribution in [2.24, 2.45) is 0 Å². The number of hydrogen-bond acceptors (Lipinski definition) is 3. The Morgan fingerprint density at radius 3 is 2.65 bits per heavy atom. The molecule has 20 heavy (non-hydrogen) atoms. The third kappa shape index (κ3) is 4.76. The summed E-state index contributed by atoms with van der Waals surface area (Å²) in [5.74, 6) is -0.419. The quantitative estimate of drug-likeness (QED) is 0.807. The molecule has 108 valence electrons. The Morgan fingerprint density at radius 2 is 2.05 bits per heavy atom. The molecule has 0 saturated carbocycles. The summed E-state index contributed by atoms with van der Waals surface area (Å²) in [6, 6.07) is 5.48. The molecule has 1 amide bonds. The van der Waals surface area contributed by atoms with E-state index < -0.39 is 5.97 Å². The average molecular weight is 277 g/mol. The Morgan fingerprint density at radius 1 is 1.35 bits per heavy atom. The van der Waals surface area contributed by atoms with Gasteiger partial charge in [0.2, 0.25) is 5.91 Å². The second kappa shape index (κ2) is 7.33. The van der Waals surface area contributed by atoms with Crippen LogP contribution in [0.2, 0.25) is 0 Å². The summed E-state index contributed by atoms with van der Waals surface area (Å²) in [6.45, 7) is 2.14. The van der Waals surface area contributed by atoms with Gasteiger partial charge in [-0.1, -0.05) is 18.2 Å². The monoisotopic (exact) mass is 277 g/mol. The summed E-state index contributed by atoms with van der Waals surface area (Å²) in [7, 11) is 3.38. The van der Waals surface area contributed by atoms with Gasteiger partial charge in [-0.05, 0) is 18.6 Å². The maximum atomic E-state index is 11.5. The number of carbonyl (C=O) groups is 2. The van der Waals surface area contributed by atoms with Crippen LogP contribution in [0.1, 0.15) is 17.5 Å². The Balaban J connectivity index is 2.78. The molecule has 0 bridgehead atoms. The predicted octanol–water partition coefficient (Wildman–Crippen LogP) is 1.95. The molecule has 0 aliphatic rings. The van der Waals surface area contributed by atoms with Crippen LogP contribution in [0, 0.1) is 6.92 Å². The number of para-hydroxylation sites is 1. The van der Waals surface area contributed by atoms with Gasteiger partial charge in [0, 0.05) is 25.7 Å². The third-order valence-corrected chi connectivity index (χ3v) is 2.71. The minimum Gasteiger partial charge on any atom is -0.492 e. The minimum atomic E-state index is -1.01. The fraction of sp³-hybridized carbons (Fsp3) is 0.333. The fourth-order valence-corrected chi connectivity index (χ4v) is 1.63. The van der Waals surface area contributed by atoms with Gasteiger partial charge in [-0.3, -0.25) is 4.79 Å². The highest BCUT2D eigenvalue weighted by atomic mass is 16.5. The Hall–Kier alpha value is -2.30. The lowest BCUT2D eigenvalue weighted by atomic mass is 10.1. The van der Waals surface area contributed by atoms with Crippen LogP contribution in [-0.4, -0.2) is 42.6 Å².